The molecule has 0 fully saturated rings. The summed E-state index contributed by atoms with van der Waals surface area (Å²) < 4.78 is 0. The van der Waals surface area contributed by atoms with Gasteiger partial charge in [0.05, 0.1) is 6.10 Å². The number of rotatable bonds is 9. The van der Waals surface area contributed by atoms with Crippen LogP contribution in [0.3, 0.4) is 0 Å². The summed E-state index contributed by atoms with van der Waals surface area (Å²) in [6.07, 6.45) is 1.58. The van der Waals surface area contributed by atoms with Crippen LogP contribution in [-0.4, -0.2) is 29.2 Å². The molecule has 1 heterocycles. The minimum absolute atomic E-state index is 0.312. The molecule has 1 atom stereocenters. The first-order chi connectivity index (χ1) is 10.6. The van der Waals surface area contributed by atoms with Crippen molar-refractivity contribution in [1.29, 1.82) is 0 Å². The summed E-state index contributed by atoms with van der Waals surface area (Å²) in [6.45, 7) is 7.21. The van der Waals surface area contributed by atoms with Gasteiger partial charge in [-0.15, -0.1) is 0 Å². The van der Waals surface area contributed by atoms with E-state index in [9.17, 15) is 5.11 Å². The van der Waals surface area contributed by atoms with E-state index in [0.29, 0.717) is 5.92 Å². The van der Waals surface area contributed by atoms with Crippen LogP contribution >= 0.6 is 11.3 Å². The molecule has 0 aliphatic heterocycles. The Labute approximate surface area is 138 Å². The van der Waals surface area contributed by atoms with E-state index in [1.165, 1.54) is 17.5 Å². The summed E-state index contributed by atoms with van der Waals surface area (Å²) in [7, 11) is 0. The summed E-state index contributed by atoms with van der Waals surface area (Å²) in [5.41, 5.74) is 2.55. The second-order valence-electron chi connectivity index (χ2n) is 6.39. The van der Waals surface area contributed by atoms with Crippen molar-refractivity contribution in [3.8, 4) is 0 Å². The lowest BCUT2D eigenvalue weighted by Crippen LogP contribution is -2.34. The average Bonchev–Trinajstić information content (AvgIpc) is 2.98. The lowest BCUT2D eigenvalue weighted by Gasteiger charge is -2.25. The molecule has 0 radical (unpaired) electrons. The molecular formula is C19H27NOS. The lowest BCUT2D eigenvalue weighted by molar-refractivity contribution is 0.106. The van der Waals surface area contributed by atoms with Gasteiger partial charge in [0.1, 0.15) is 0 Å². The van der Waals surface area contributed by atoms with Crippen molar-refractivity contribution in [2.45, 2.75) is 39.3 Å². The van der Waals surface area contributed by atoms with E-state index in [2.05, 4.69) is 47.7 Å². The van der Waals surface area contributed by atoms with Crippen LogP contribution in [0.1, 0.15) is 31.4 Å². The molecule has 1 N–H and O–H groups in total. The molecule has 0 spiro atoms. The van der Waals surface area contributed by atoms with Crippen LogP contribution in [0.4, 0.5) is 0 Å². The number of nitrogens with zero attached hydrogens (tertiary/aromatic N) is 1. The number of aliphatic hydroxyl groups excluding tert-OH is 1. The third-order valence-electron chi connectivity index (χ3n) is 3.79. The summed E-state index contributed by atoms with van der Waals surface area (Å²) in [5, 5.41) is 14.7. The maximum Gasteiger partial charge on any atom is 0.0707 e. The molecule has 1 aromatic heterocycles. The van der Waals surface area contributed by atoms with Crippen LogP contribution in [0, 0.1) is 5.92 Å². The molecule has 0 saturated heterocycles. The van der Waals surface area contributed by atoms with E-state index in [1.54, 1.807) is 11.3 Å². The average molecular weight is 317 g/mol. The van der Waals surface area contributed by atoms with Gasteiger partial charge in [0.2, 0.25) is 0 Å². The fraction of sp³-hybridized carbons (Fsp3) is 0.474. The molecule has 2 aromatic rings. The highest BCUT2D eigenvalue weighted by atomic mass is 32.1. The van der Waals surface area contributed by atoms with E-state index in [4.69, 9.17) is 0 Å². The second-order valence-corrected chi connectivity index (χ2v) is 7.17. The molecule has 0 amide bonds. The standard InChI is InChI=1S/C19H27NOS/c1-16(2)8-10-20(13-18-9-11-22-15-18)14-19(21)12-17-6-4-3-5-7-17/h3-7,9,11,15-16,19,21H,8,10,12-14H2,1-2H3. The summed E-state index contributed by atoms with van der Waals surface area (Å²) in [6, 6.07) is 12.4. The van der Waals surface area contributed by atoms with E-state index in [0.717, 1.165) is 26.1 Å². The number of hydrogen-bond acceptors (Lipinski definition) is 3. The number of hydrogen-bond donors (Lipinski definition) is 1. The van der Waals surface area contributed by atoms with Gasteiger partial charge < -0.3 is 5.11 Å². The molecule has 1 aromatic carbocycles. The Balaban J connectivity index is 1.89. The zero-order valence-corrected chi connectivity index (χ0v) is 14.4. The highest BCUT2D eigenvalue weighted by Crippen LogP contribution is 2.13. The molecule has 2 nitrogen and oxygen atoms in total. The number of aliphatic hydroxyl groups is 1. The first-order valence-corrected chi connectivity index (χ1v) is 9.03. The van der Waals surface area contributed by atoms with Crippen LogP contribution in [0.5, 0.6) is 0 Å². The molecule has 1 unspecified atom stereocenters. The maximum atomic E-state index is 10.4. The highest BCUT2D eigenvalue weighted by molar-refractivity contribution is 7.07. The number of benzene rings is 1. The van der Waals surface area contributed by atoms with Gasteiger partial charge in [-0.2, -0.15) is 11.3 Å². The topological polar surface area (TPSA) is 23.5 Å². The Bertz CT molecular complexity index is 509. The smallest absolute Gasteiger partial charge is 0.0707 e. The molecule has 0 aliphatic rings. The molecule has 0 saturated carbocycles. The van der Waals surface area contributed by atoms with E-state index < -0.39 is 0 Å². The van der Waals surface area contributed by atoms with Crippen molar-refractivity contribution in [3.05, 3.63) is 58.3 Å². The van der Waals surface area contributed by atoms with Gasteiger partial charge in [0.15, 0.2) is 0 Å². The molecular weight excluding hydrogens is 290 g/mol. The quantitative estimate of drug-likeness (QED) is 0.749. The maximum absolute atomic E-state index is 10.4. The van der Waals surface area contributed by atoms with Crippen LogP contribution in [0.2, 0.25) is 0 Å². The fourth-order valence-electron chi connectivity index (χ4n) is 2.57. The predicted molar refractivity (Wildman–Crippen MR) is 95.2 cm³/mol. The highest BCUT2D eigenvalue weighted by Gasteiger charge is 2.13. The van der Waals surface area contributed by atoms with Gasteiger partial charge in [-0.25, -0.2) is 0 Å². The van der Waals surface area contributed by atoms with Gasteiger partial charge >= 0.3 is 0 Å². The summed E-state index contributed by atoms with van der Waals surface area (Å²) in [5.74, 6) is 0.691. The van der Waals surface area contributed by atoms with Gasteiger partial charge in [-0.3, -0.25) is 4.90 Å². The monoisotopic (exact) mass is 317 g/mol. The van der Waals surface area contributed by atoms with E-state index in [-0.39, 0.29) is 6.10 Å². The van der Waals surface area contributed by atoms with Crippen molar-refractivity contribution in [2.24, 2.45) is 5.92 Å². The Hall–Kier alpha value is -1.16. The minimum Gasteiger partial charge on any atom is -0.391 e. The zero-order valence-electron chi connectivity index (χ0n) is 13.6. The second kappa shape index (κ2) is 9.09. The van der Waals surface area contributed by atoms with Crippen molar-refractivity contribution < 1.29 is 5.11 Å². The van der Waals surface area contributed by atoms with Crippen LogP contribution in [0.25, 0.3) is 0 Å². The molecule has 22 heavy (non-hydrogen) atoms. The molecule has 0 bridgehead atoms. The Morgan fingerprint density at radius 3 is 2.50 bits per heavy atom. The van der Waals surface area contributed by atoms with Gasteiger partial charge in [-0.1, -0.05) is 44.2 Å². The predicted octanol–water partition coefficient (Wildman–Crippen LogP) is 4.20. The normalized spacial score (nSPS) is 13.0. The van der Waals surface area contributed by atoms with Gasteiger partial charge in [0.25, 0.3) is 0 Å². The van der Waals surface area contributed by atoms with Crippen molar-refractivity contribution >= 4 is 11.3 Å². The molecule has 120 valence electrons. The molecule has 3 heteroatoms. The minimum atomic E-state index is -0.312. The van der Waals surface area contributed by atoms with Crippen LogP contribution in [-0.2, 0) is 13.0 Å². The fourth-order valence-corrected chi connectivity index (χ4v) is 3.23. The summed E-state index contributed by atoms with van der Waals surface area (Å²) in [4.78, 5) is 2.38. The van der Waals surface area contributed by atoms with Gasteiger partial charge in [-0.05, 0) is 53.3 Å². The third kappa shape index (κ3) is 6.30. The first-order valence-electron chi connectivity index (χ1n) is 8.09. The van der Waals surface area contributed by atoms with Crippen molar-refractivity contribution in [3.63, 3.8) is 0 Å². The Morgan fingerprint density at radius 1 is 1.09 bits per heavy atom. The Kier molecular flexibility index (Phi) is 7.10. The van der Waals surface area contributed by atoms with E-state index in [1.807, 2.05) is 18.2 Å². The Morgan fingerprint density at radius 2 is 1.86 bits per heavy atom. The lowest BCUT2D eigenvalue weighted by atomic mass is 10.1. The zero-order chi connectivity index (χ0) is 15.8. The SMILES string of the molecule is CC(C)CCN(Cc1ccsc1)CC(O)Cc1ccccc1. The van der Waals surface area contributed by atoms with Crippen molar-refractivity contribution in [1.82, 2.24) is 4.90 Å². The van der Waals surface area contributed by atoms with Crippen LogP contribution < -0.4 is 0 Å². The first kappa shape index (κ1) is 17.2. The van der Waals surface area contributed by atoms with Crippen LogP contribution in [0.15, 0.2) is 47.2 Å². The van der Waals surface area contributed by atoms with Gasteiger partial charge in [0, 0.05) is 13.1 Å². The van der Waals surface area contributed by atoms with Crippen molar-refractivity contribution in [2.75, 3.05) is 13.1 Å². The third-order valence-corrected chi connectivity index (χ3v) is 4.52. The molecule has 0 aliphatic carbocycles. The van der Waals surface area contributed by atoms with E-state index >= 15 is 0 Å². The molecule has 2 rings (SSSR count). The number of thiophene rings is 1. The summed E-state index contributed by atoms with van der Waals surface area (Å²) >= 11 is 1.74. The largest absolute Gasteiger partial charge is 0.391 e.